The van der Waals surface area contributed by atoms with Gasteiger partial charge in [0, 0.05) is 11.8 Å². The van der Waals surface area contributed by atoms with Gasteiger partial charge in [-0.1, -0.05) is 18.2 Å². The molecule has 6 heteroatoms. The number of carbonyl (C=O) groups is 2. The van der Waals surface area contributed by atoms with E-state index in [2.05, 4.69) is 20.0 Å². The van der Waals surface area contributed by atoms with Crippen molar-refractivity contribution in [3.63, 3.8) is 0 Å². The molecule has 25 heavy (non-hydrogen) atoms. The first-order chi connectivity index (χ1) is 12.2. The molecule has 0 aliphatic rings. The molecule has 0 atom stereocenters. The fraction of sp³-hybridized carbons (Fsp3) is 0.0526. The summed E-state index contributed by atoms with van der Waals surface area (Å²) in [6.45, 7) is 0. The van der Waals surface area contributed by atoms with Crippen molar-refractivity contribution in [2.45, 2.75) is 0 Å². The summed E-state index contributed by atoms with van der Waals surface area (Å²) in [5, 5.41) is 2.69. The van der Waals surface area contributed by atoms with Crippen LogP contribution in [0.1, 0.15) is 16.1 Å². The molecule has 0 spiro atoms. The monoisotopic (exact) mass is 333 g/mol. The number of carbonyl (C=O) groups excluding carboxylic acids is 2. The third kappa shape index (κ3) is 4.06. The van der Waals surface area contributed by atoms with Crippen molar-refractivity contribution >= 4 is 34.7 Å². The number of esters is 1. The number of aromatic nitrogens is 2. The quantitative estimate of drug-likeness (QED) is 0.586. The maximum absolute atomic E-state index is 12.0. The predicted octanol–water partition coefficient (Wildman–Crippen LogP) is 3.07. The van der Waals surface area contributed by atoms with Gasteiger partial charge in [0.2, 0.25) is 5.91 Å². The molecule has 1 amide bonds. The molecule has 0 saturated heterocycles. The van der Waals surface area contributed by atoms with Gasteiger partial charge in [-0.25, -0.2) is 9.78 Å². The van der Waals surface area contributed by atoms with Gasteiger partial charge in [0.15, 0.2) is 0 Å². The lowest BCUT2D eigenvalue weighted by Crippen LogP contribution is -2.09. The van der Waals surface area contributed by atoms with E-state index < -0.39 is 5.97 Å². The normalized spacial score (nSPS) is 10.8. The number of benzene rings is 2. The van der Waals surface area contributed by atoms with Gasteiger partial charge in [-0.3, -0.25) is 9.78 Å². The Labute approximate surface area is 144 Å². The highest BCUT2D eigenvalue weighted by atomic mass is 16.5. The Morgan fingerprint density at radius 1 is 1.08 bits per heavy atom. The molecule has 0 radical (unpaired) electrons. The topological polar surface area (TPSA) is 81.2 Å². The zero-order valence-electron chi connectivity index (χ0n) is 13.5. The maximum Gasteiger partial charge on any atom is 0.337 e. The second-order valence-corrected chi connectivity index (χ2v) is 5.18. The van der Waals surface area contributed by atoms with E-state index in [-0.39, 0.29) is 5.91 Å². The van der Waals surface area contributed by atoms with E-state index in [1.807, 2.05) is 24.3 Å². The number of fused-ring (bicyclic) bond motifs is 1. The zero-order valence-corrected chi connectivity index (χ0v) is 13.5. The molecule has 0 saturated carbocycles. The number of methoxy groups -OCH3 is 1. The van der Waals surface area contributed by atoms with Crippen molar-refractivity contribution in [1.82, 2.24) is 9.97 Å². The summed E-state index contributed by atoms with van der Waals surface area (Å²) in [5.41, 5.74) is 3.00. The lowest BCUT2D eigenvalue weighted by atomic mass is 10.2. The minimum atomic E-state index is -0.460. The van der Waals surface area contributed by atoms with Crippen molar-refractivity contribution in [3.05, 3.63) is 72.1 Å². The number of amides is 1. The lowest BCUT2D eigenvalue weighted by molar-refractivity contribution is -0.111. The molecule has 6 nitrogen and oxygen atoms in total. The van der Waals surface area contributed by atoms with Gasteiger partial charge in [0.05, 0.1) is 35.6 Å². The fourth-order valence-corrected chi connectivity index (χ4v) is 2.24. The summed E-state index contributed by atoms with van der Waals surface area (Å²) >= 11 is 0. The Bertz CT molecular complexity index is 967. The van der Waals surface area contributed by atoms with Gasteiger partial charge >= 0.3 is 5.97 Å². The third-order valence-corrected chi connectivity index (χ3v) is 3.42. The lowest BCUT2D eigenvalue weighted by Gasteiger charge is -2.04. The molecule has 0 aliphatic heterocycles. The van der Waals surface area contributed by atoms with Crippen LogP contribution in [-0.4, -0.2) is 29.0 Å². The molecule has 1 N–H and O–H groups in total. The molecule has 1 heterocycles. The standard InChI is InChI=1S/C19H15N3O3/c1-25-19(24)13-5-4-6-14(11-13)22-18(23)10-9-15-12-20-16-7-2-3-8-17(16)21-15/h2-12H,1H3,(H,22,23). The summed E-state index contributed by atoms with van der Waals surface area (Å²) in [6, 6.07) is 14.0. The first kappa shape index (κ1) is 16.3. The van der Waals surface area contributed by atoms with Crippen LogP contribution in [0.4, 0.5) is 5.69 Å². The first-order valence-corrected chi connectivity index (χ1v) is 7.55. The molecule has 0 aliphatic carbocycles. The van der Waals surface area contributed by atoms with Gasteiger partial charge in [-0.15, -0.1) is 0 Å². The van der Waals surface area contributed by atoms with E-state index in [0.717, 1.165) is 11.0 Å². The van der Waals surface area contributed by atoms with Crippen LogP contribution < -0.4 is 5.32 Å². The van der Waals surface area contributed by atoms with Crippen LogP contribution in [-0.2, 0) is 9.53 Å². The van der Waals surface area contributed by atoms with E-state index in [9.17, 15) is 9.59 Å². The minimum absolute atomic E-state index is 0.336. The van der Waals surface area contributed by atoms with Crippen LogP contribution in [0, 0.1) is 0 Å². The smallest absolute Gasteiger partial charge is 0.337 e. The summed E-state index contributed by atoms with van der Waals surface area (Å²) in [4.78, 5) is 32.2. The molecule has 3 aromatic rings. The van der Waals surface area contributed by atoms with Crippen LogP contribution in [0.15, 0.2) is 60.8 Å². The molecule has 3 rings (SSSR count). The number of nitrogens with zero attached hydrogens (tertiary/aromatic N) is 2. The molecule has 124 valence electrons. The number of hydrogen-bond acceptors (Lipinski definition) is 5. The van der Waals surface area contributed by atoms with Gasteiger partial charge in [-0.2, -0.15) is 0 Å². The number of hydrogen-bond donors (Lipinski definition) is 1. The highest BCUT2D eigenvalue weighted by molar-refractivity contribution is 6.02. The van der Waals surface area contributed by atoms with E-state index in [1.54, 1.807) is 36.5 Å². The van der Waals surface area contributed by atoms with Crippen molar-refractivity contribution in [2.75, 3.05) is 12.4 Å². The minimum Gasteiger partial charge on any atom is -0.465 e. The van der Waals surface area contributed by atoms with Crippen LogP contribution in [0.25, 0.3) is 17.1 Å². The van der Waals surface area contributed by atoms with Crippen molar-refractivity contribution in [3.8, 4) is 0 Å². The third-order valence-electron chi connectivity index (χ3n) is 3.42. The van der Waals surface area contributed by atoms with E-state index in [0.29, 0.717) is 16.9 Å². The number of para-hydroxylation sites is 2. The molecule has 1 aromatic heterocycles. The largest absolute Gasteiger partial charge is 0.465 e. The second-order valence-electron chi connectivity index (χ2n) is 5.18. The molecule has 0 bridgehead atoms. The summed E-state index contributed by atoms with van der Waals surface area (Å²) in [6.07, 6.45) is 4.55. The summed E-state index contributed by atoms with van der Waals surface area (Å²) < 4.78 is 4.66. The Morgan fingerprint density at radius 2 is 1.88 bits per heavy atom. The number of nitrogens with one attached hydrogen (secondary N) is 1. The van der Waals surface area contributed by atoms with Gasteiger partial charge in [-0.05, 0) is 36.4 Å². The van der Waals surface area contributed by atoms with Crippen molar-refractivity contribution < 1.29 is 14.3 Å². The summed E-state index contributed by atoms with van der Waals surface area (Å²) in [7, 11) is 1.31. The average molecular weight is 333 g/mol. The Balaban J connectivity index is 1.71. The predicted molar refractivity (Wildman–Crippen MR) is 95.0 cm³/mol. The highest BCUT2D eigenvalue weighted by Gasteiger charge is 2.06. The fourth-order valence-electron chi connectivity index (χ4n) is 2.24. The van der Waals surface area contributed by atoms with E-state index >= 15 is 0 Å². The van der Waals surface area contributed by atoms with Gasteiger partial charge in [0.25, 0.3) is 0 Å². The Hall–Kier alpha value is -3.54. The number of rotatable bonds is 4. The number of ether oxygens (including phenoxy) is 1. The SMILES string of the molecule is COC(=O)c1cccc(NC(=O)C=Cc2cnc3ccccc3n2)c1. The van der Waals surface area contributed by atoms with E-state index in [1.165, 1.54) is 13.2 Å². The van der Waals surface area contributed by atoms with Crippen LogP contribution >= 0.6 is 0 Å². The maximum atomic E-state index is 12.0. The molecule has 0 fully saturated rings. The van der Waals surface area contributed by atoms with Crippen molar-refractivity contribution in [2.24, 2.45) is 0 Å². The van der Waals surface area contributed by atoms with Crippen LogP contribution in [0.5, 0.6) is 0 Å². The molecular weight excluding hydrogens is 318 g/mol. The van der Waals surface area contributed by atoms with E-state index in [4.69, 9.17) is 0 Å². The number of anilines is 1. The van der Waals surface area contributed by atoms with Crippen molar-refractivity contribution in [1.29, 1.82) is 0 Å². The zero-order chi connectivity index (χ0) is 17.6. The molecule has 2 aromatic carbocycles. The second kappa shape index (κ2) is 7.35. The Kier molecular flexibility index (Phi) is 4.80. The average Bonchev–Trinajstić information content (AvgIpc) is 2.65. The molecule has 0 unspecified atom stereocenters. The Morgan fingerprint density at radius 3 is 2.68 bits per heavy atom. The van der Waals surface area contributed by atoms with Gasteiger partial charge in [0.1, 0.15) is 0 Å². The first-order valence-electron chi connectivity index (χ1n) is 7.55. The van der Waals surface area contributed by atoms with Crippen LogP contribution in [0.3, 0.4) is 0 Å². The molecular formula is C19H15N3O3. The highest BCUT2D eigenvalue weighted by Crippen LogP contribution is 2.12. The van der Waals surface area contributed by atoms with Gasteiger partial charge < -0.3 is 10.1 Å². The van der Waals surface area contributed by atoms with Crippen LogP contribution in [0.2, 0.25) is 0 Å². The summed E-state index contributed by atoms with van der Waals surface area (Å²) in [5.74, 6) is -0.796.